The minimum atomic E-state index is -0.668. The molecular formula is C28H36F2. The van der Waals surface area contributed by atoms with E-state index in [2.05, 4.69) is 13.0 Å². The van der Waals surface area contributed by atoms with Crippen LogP contribution < -0.4 is 0 Å². The molecule has 0 heterocycles. The fourth-order valence-corrected chi connectivity index (χ4v) is 6.20. The average Bonchev–Trinajstić information content (AvgIpc) is 2.77. The second-order valence-electron chi connectivity index (χ2n) is 9.75. The molecule has 0 aliphatic heterocycles. The van der Waals surface area contributed by atoms with Gasteiger partial charge in [0.15, 0.2) is 11.6 Å². The van der Waals surface area contributed by atoms with Gasteiger partial charge < -0.3 is 0 Å². The predicted molar refractivity (Wildman–Crippen MR) is 123 cm³/mol. The van der Waals surface area contributed by atoms with Gasteiger partial charge in [0, 0.05) is 5.39 Å². The lowest BCUT2D eigenvalue weighted by molar-refractivity contribution is 0.114. The first-order valence-electron chi connectivity index (χ1n) is 12.1. The Morgan fingerprint density at radius 1 is 0.967 bits per heavy atom. The van der Waals surface area contributed by atoms with Gasteiger partial charge in [-0.05, 0) is 104 Å². The molecule has 0 spiro atoms. The summed E-state index contributed by atoms with van der Waals surface area (Å²) in [7, 11) is 0. The zero-order valence-electron chi connectivity index (χ0n) is 18.6. The van der Waals surface area contributed by atoms with Crippen molar-refractivity contribution in [2.24, 2.45) is 17.8 Å². The first-order valence-corrected chi connectivity index (χ1v) is 12.1. The summed E-state index contributed by atoms with van der Waals surface area (Å²) in [5, 5.41) is 1.27. The summed E-state index contributed by atoms with van der Waals surface area (Å²) in [6.45, 7) is 4.25. The van der Waals surface area contributed by atoms with Gasteiger partial charge >= 0.3 is 0 Å². The third-order valence-corrected chi connectivity index (χ3v) is 7.82. The number of hydrogen-bond donors (Lipinski definition) is 0. The maximum absolute atomic E-state index is 14.9. The van der Waals surface area contributed by atoms with E-state index in [1.54, 1.807) is 0 Å². The van der Waals surface area contributed by atoms with Gasteiger partial charge in [-0.3, -0.25) is 0 Å². The van der Waals surface area contributed by atoms with Crippen LogP contribution in [0.4, 0.5) is 8.78 Å². The van der Waals surface area contributed by atoms with Crippen LogP contribution in [0.3, 0.4) is 0 Å². The summed E-state index contributed by atoms with van der Waals surface area (Å²) >= 11 is 0. The number of rotatable bonds is 6. The number of aryl methyl sites for hydroxylation is 1. The zero-order valence-corrected chi connectivity index (χ0v) is 18.6. The van der Waals surface area contributed by atoms with Crippen molar-refractivity contribution in [1.82, 2.24) is 0 Å². The molecular weight excluding hydrogens is 374 g/mol. The lowest BCUT2D eigenvalue weighted by Gasteiger charge is -2.42. The molecule has 0 radical (unpaired) electrons. The molecule has 0 N–H and O–H groups in total. The van der Waals surface area contributed by atoms with Gasteiger partial charge in [0.2, 0.25) is 0 Å². The number of halogens is 2. The fourth-order valence-electron chi connectivity index (χ4n) is 6.20. The molecule has 2 aliphatic carbocycles. The van der Waals surface area contributed by atoms with Crippen LogP contribution in [0.2, 0.25) is 0 Å². The van der Waals surface area contributed by atoms with Gasteiger partial charge in [-0.1, -0.05) is 50.5 Å². The molecule has 2 aromatic rings. The smallest absolute Gasteiger partial charge is 0.166 e. The maximum atomic E-state index is 14.9. The molecule has 2 fully saturated rings. The van der Waals surface area contributed by atoms with Crippen LogP contribution in [0.1, 0.15) is 88.7 Å². The number of benzene rings is 2. The molecule has 0 nitrogen and oxygen atoms in total. The normalized spacial score (nSPS) is 26.9. The Bertz CT molecular complexity index is 897. The van der Waals surface area contributed by atoms with Crippen molar-refractivity contribution in [3.05, 3.63) is 59.2 Å². The van der Waals surface area contributed by atoms with E-state index in [1.807, 2.05) is 37.3 Å². The van der Waals surface area contributed by atoms with E-state index in [1.165, 1.54) is 56.9 Å². The van der Waals surface area contributed by atoms with Crippen molar-refractivity contribution in [3.8, 4) is 0 Å². The molecule has 0 amide bonds. The summed E-state index contributed by atoms with van der Waals surface area (Å²) in [6.07, 6.45) is 15.8. The third kappa shape index (κ3) is 4.48. The third-order valence-electron chi connectivity index (χ3n) is 7.82. The predicted octanol–water partition coefficient (Wildman–Crippen LogP) is 8.73. The molecule has 4 unspecified atom stereocenters. The van der Waals surface area contributed by atoms with E-state index in [0.29, 0.717) is 23.3 Å². The van der Waals surface area contributed by atoms with Crippen LogP contribution >= 0.6 is 0 Å². The first kappa shape index (κ1) is 21.5. The van der Waals surface area contributed by atoms with E-state index in [0.717, 1.165) is 29.6 Å². The Labute approximate surface area is 180 Å². The molecule has 4 atom stereocenters. The Kier molecular flexibility index (Phi) is 6.91. The topological polar surface area (TPSA) is 0 Å². The number of fused-ring (bicyclic) bond motifs is 2. The minimum Gasteiger partial charge on any atom is -0.203 e. The van der Waals surface area contributed by atoms with Crippen LogP contribution in [0, 0.1) is 29.4 Å². The lowest BCUT2D eigenvalue weighted by Crippen LogP contribution is -2.30. The van der Waals surface area contributed by atoms with Crippen molar-refractivity contribution in [3.63, 3.8) is 0 Å². The van der Waals surface area contributed by atoms with Crippen molar-refractivity contribution in [2.75, 3.05) is 0 Å². The molecule has 162 valence electrons. The number of hydrogen-bond acceptors (Lipinski definition) is 0. The monoisotopic (exact) mass is 410 g/mol. The maximum Gasteiger partial charge on any atom is 0.166 e. The quantitative estimate of drug-likeness (QED) is 0.418. The second-order valence-corrected chi connectivity index (χ2v) is 9.75. The van der Waals surface area contributed by atoms with Gasteiger partial charge in [0.1, 0.15) is 0 Å². The molecule has 0 aromatic heterocycles. The van der Waals surface area contributed by atoms with Gasteiger partial charge in [-0.15, -0.1) is 0 Å². The van der Waals surface area contributed by atoms with Crippen molar-refractivity contribution < 1.29 is 8.78 Å². The fraction of sp³-hybridized carbons (Fsp3) is 0.571. The van der Waals surface area contributed by atoms with Crippen molar-refractivity contribution in [1.29, 1.82) is 0 Å². The standard InChI is InChI=1S/C28H36F2/c1-3-5-6-8-25-17-24-14-13-23(18-26(24)28(30)27(25)29)22-12-11-20-15-19(7-4-2)9-10-21(20)16-22/h3,5,13-14,17-22H,4,6-12,15-16H2,1-2H3. The largest absolute Gasteiger partial charge is 0.203 e. The highest BCUT2D eigenvalue weighted by Crippen LogP contribution is 2.48. The Hall–Kier alpha value is -1.70. The van der Waals surface area contributed by atoms with E-state index < -0.39 is 11.6 Å². The van der Waals surface area contributed by atoms with Crippen LogP contribution in [0.25, 0.3) is 10.8 Å². The minimum absolute atomic E-state index is 0.452. The summed E-state index contributed by atoms with van der Waals surface area (Å²) in [5.74, 6) is 1.81. The van der Waals surface area contributed by atoms with Crippen LogP contribution in [-0.2, 0) is 6.42 Å². The van der Waals surface area contributed by atoms with Crippen molar-refractivity contribution >= 4 is 10.8 Å². The summed E-state index contributed by atoms with van der Waals surface area (Å²) in [4.78, 5) is 0. The van der Waals surface area contributed by atoms with Gasteiger partial charge in [0.05, 0.1) is 0 Å². The SMILES string of the molecule is CC=CCCc1cc2ccc(C3CCC4CC(CCC)CCC4C3)cc2c(F)c1F. The van der Waals surface area contributed by atoms with Crippen LogP contribution in [0.15, 0.2) is 36.4 Å². The molecule has 30 heavy (non-hydrogen) atoms. The summed E-state index contributed by atoms with van der Waals surface area (Å²) < 4.78 is 29.6. The molecule has 2 saturated carbocycles. The molecule has 2 aromatic carbocycles. The van der Waals surface area contributed by atoms with Gasteiger partial charge in [-0.2, -0.15) is 0 Å². The van der Waals surface area contributed by atoms with Gasteiger partial charge in [0.25, 0.3) is 0 Å². The second kappa shape index (κ2) is 9.62. The van der Waals surface area contributed by atoms with Gasteiger partial charge in [-0.25, -0.2) is 8.78 Å². The molecule has 0 saturated heterocycles. The summed E-state index contributed by atoms with van der Waals surface area (Å²) in [6, 6.07) is 7.96. The Morgan fingerprint density at radius 2 is 1.77 bits per heavy atom. The molecule has 0 bridgehead atoms. The first-order chi connectivity index (χ1) is 14.6. The molecule has 2 heteroatoms. The highest BCUT2D eigenvalue weighted by atomic mass is 19.2. The Morgan fingerprint density at radius 3 is 2.57 bits per heavy atom. The van der Waals surface area contributed by atoms with E-state index in [-0.39, 0.29) is 0 Å². The van der Waals surface area contributed by atoms with Crippen LogP contribution in [-0.4, -0.2) is 0 Å². The molecule has 4 rings (SSSR count). The molecule has 2 aliphatic rings. The lowest BCUT2D eigenvalue weighted by atomic mass is 9.63. The van der Waals surface area contributed by atoms with E-state index in [4.69, 9.17) is 0 Å². The van der Waals surface area contributed by atoms with Crippen molar-refractivity contribution in [2.45, 2.75) is 84.0 Å². The highest BCUT2D eigenvalue weighted by molar-refractivity contribution is 5.85. The number of allylic oxidation sites excluding steroid dienone is 2. The Balaban J connectivity index is 1.51. The average molecular weight is 411 g/mol. The van der Waals surface area contributed by atoms with E-state index in [9.17, 15) is 8.78 Å². The van der Waals surface area contributed by atoms with Crippen LogP contribution in [0.5, 0.6) is 0 Å². The highest BCUT2D eigenvalue weighted by Gasteiger charge is 2.35. The zero-order chi connectivity index (χ0) is 21.1. The summed E-state index contributed by atoms with van der Waals surface area (Å²) in [5.41, 5.74) is 1.69. The van der Waals surface area contributed by atoms with E-state index >= 15 is 0 Å².